The molecule has 0 aliphatic heterocycles. The highest BCUT2D eigenvalue weighted by Crippen LogP contribution is 2.65. The van der Waals surface area contributed by atoms with Crippen molar-refractivity contribution < 1.29 is 5.11 Å². The molecule has 1 aromatic rings. The van der Waals surface area contributed by atoms with Gasteiger partial charge in [-0.05, 0) is 49.4 Å². The highest BCUT2D eigenvalue weighted by atomic mass is 32.1. The molecular weight excluding hydrogens is 232 g/mol. The molecule has 0 amide bonds. The minimum absolute atomic E-state index is 0.472. The second kappa shape index (κ2) is 3.23. The maximum absolute atomic E-state index is 11.0. The lowest BCUT2D eigenvalue weighted by Crippen LogP contribution is -2.38. The number of hydrogen-bond acceptors (Lipinski definition) is 4. The average molecular weight is 250 g/mol. The van der Waals surface area contributed by atoms with Crippen LogP contribution >= 0.6 is 11.3 Å². The monoisotopic (exact) mass is 250 g/mol. The van der Waals surface area contributed by atoms with Crippen molar-refractivity contribution in [2.45, 2.75) is 37.7 Å². The van der Waals surface area contributed by atoms with Crippen LogP contribution in [0.1, 0.15) is 37.0 Å². The summed E-state index contributed by atoms with van der Waals surface area (Å²) >= 11 is 1.47. The molecule has 0 spiro atoms. The molecule has 0 radical (unpaired) electrons. The quantitative estimate of drug-likeness (QED) is 0.804. The number of rotatable bonds is 1. The van der Waals surface area contributed by atoms with Gasteiger partial charge < -0.3 is 10.8 Å². The highest BCUT2D eigenvalue weighted by Gasteiger charge is 2.61. The number of aliphatic hydroxyl groups is 1. The number of fused-ring (bicyclic) bond motifs is 5. The molecule has 3 N–H and O–H groups in total. The molecule has 1 heterocycles. The molecule has 4 heteroatoms. The SMILES string of the molecule is Nc1ncc(C2(O)CC3CC2C2CCCC32)s1. The average Bonchev–Trinajstić information content (AvgIpc) is 2.95. The zero-order valence-electron chi connectivity index (χ0n) is 9.80. The smallest absolute Gasteiger partial charge is 0.180 e. The van der Waals surface area contributed by atoms with E-state index < -0.39 is 5.60 Å². The van der Waals surface area contributed by atoms with Crippen molar-refractivity contribution in [3.63, 3.8) is 0 Å². The van der Waals surface area contributed by atoms with Crippen molar-refractivity contribution in [1.29, 1.82) is 0 Å². The number of nitrogens with zero attached hydrogens (tertiary/aromatic N) is 1. The summed E-state index contributed by atoms with van der Waals surface area (Å²) in [4.78, 5) is 5.12. The largest absolute Gasteiger partial charge is 0.384 e. The van der Waals surface area contributed by atoms with Crippen molar-refractivity contribution in [2.75, 3.05) is 5.73 Å². The van der Waals surface area contributed by atoms with Gasteiger partial charge in [0.2, 0.25) is 0 Å². The van der Waals surface area contributed by atoms with Crippen LogP contribution < -0.4 is 5.73 Å². The van der Waals surface area contributed by atoms with Crippen LogP contribution in [0.5, 0.6) is 0 Å². The van der Waals surface area contributed by atoms with Gasteiger partial charge in [0.1, 0.15) is 5.60 Å². The van der Waals surface area contributed by atoms with Gasteiger partial charge in [-0.15, -0.1) is 0 Å². The Bertz CT molecular complexity index is 460. The van der Waals surface area contributed by atoms with Crippen molar-refractivity contribution in [3.8, 4) is 0 Å². The zero-order valence-corrected chi connectivity index (χ0v) is 10.6. The third-order valence-corrected chi connectivity index (χ3v) is 6.43. The van der Waals surface area contributed by atoms with Crippen molar-refractivity contribution in [1.82, 2.24) is 4.98 Å². The van der Waals surface area contributed by atoms with Gasteiger partial charge in [-0.1, -0.05) is 17.8 Å². The second-order valence-electron chi connectivity index (χ2n) is 6.05. The van der Waals surface area contributed by atoms with Crippen molar-refractivity contribution in [3.05, 3.63) is 11.1 Å². The van der Waals surface area contributed by atoms with Crippen LogP contribution in [-0.4, -0.2) is 10.1 Å². The number of hydrogen-bond donors (Lipinski definition) is 2. The van der Waals surface area contributed by atoms with E-state index >= 15 is 0 Å². The topological polar surface area (TPSA) is 59.1 Å². The van der Waals surface area contributed by atoms with E-state index in [1.54, 1.807) is 6.20 Å². The molecule has 5 atom stereocenters. The fourth-order valence-corrected chi connectivity index (χ4v) is 5.73. The fourth-order valence-electron chi connectivity index (χ4n) is 4.88. The molecule has 3 nitrogen and oxygen atoms in total. The first-order chi connectivity index (χ1) is 8.18. The van der Waals surface area contributed by atoms with Gasteiger partial charge in [-0.2, -0.15) is 0 Å². The Kier molecular flexibility index (Phi) is 1.96. The van der Waals surface area contributed by atoms with E-state index in [9.17, 15) is 5.11 Å². The Labute approximate surface area is 105 Å². The maximum Gasteiger partial charge on any atom is 0.180 e. The molecule has 3 saturated carbocycles. The van der Waals surface area contributed by atoms with Gasteiger partial charge in [-0.25, -0.2) is 4.98 Å². The van der Waals surface area contributed by atoms with E-state index in [0.717, 1.165) is 29.1 Å². The van der Waals surface area contributed by atoms with Gasteiger partial charge in [0.25, 0.3) is 0 Å². The molecule has 92 valence electrons. The lowest BCUT2D eigenvalue weighted by atomic mass is 9.72. The Morgan fingerprint density at radius 3 is 3.00 bits per heavy atom. The molecule has 2 bridgehead atoms. The minimum atomic E-state index is -0.606. The zero-order chi connectivity index (χ0) is 11.6. The number of nitrogen functional groups attached to an aromatic ring is 1. The van der Waals surface area contributed by atoms with Crippen LogP contribution in [0.3, 0.4) is 0 Å². The van der Waals surface area contributed by atoms with Gasteiger partial charge >= 0.3 is 0 Å². The summed E-state index contributed by atoms with van der Waals surface area (Å²) in [7, 11) is 0. The van der Waals surface area contributed by atoms with Crippen LogP contribution in [0, 0.1) is 23.7 Å². The van der Waals surface area contributed by atoms with Crippen molar-refractivity contribution in [2.24, 2.45) is 23.7 Å². The normalized spacial score (nSPS) is 47.6. The fraction of sp³-hybridized carbons (Fsp3) is 0.769. The van der Waals surface area contributed by atoms with E-state index in [1.807, 2.05) is 0 Å². The van der Waals surface area contributed by atoms with Gasteiger partial charge in [0.15, 0.2) is 5.13 Å². The van der Waals surface area contributed by atoms with Gasteiger partial charge in [-0.3, -0.25) is 0 Å². The predicted octanol–water partition coefficient (Wildman–Crippen LogP) is 2.37. The molecule has 1 aromatic heterocycles. The molecular formula is C13H18N2OS. The molecule has 3 aliphatic carbocycles. The number of thiazole rings is 1. The predicted molar refractivity (Wildman–Crippen MR) is 67.5 cm³/mol. The number of anilines is 1. The maximum atomic E-state index is 11.0. The molecule has 4 rings (SSSR count). The van der Waals surface area contributed by atoms with Crippen LogP contribution in [0.4, 0.5) is 5.13 Å². The Morgan fingerprint density at radius 2 is 2.24 bits per heavy atom. The van der Waals surface area contributed by atoms with Crippen LogP contribution in [-0.2, 0) is 5.60 Å². The molecule has 0 aromatic carbocycles. The van der Waals surface area contributed by atoms with Crippen LogP contribution in [0.15, 0.2) is 6.20 Å². The summed E-state index contributed by atoms with van der Waals surface area (Å²) in [5.74, 6) is 2.90. The second-order valence-corrected chi connectivity index (χ2v) is 7.11. The molecule has 17 heavy (non-hydrogen) atoms. The summed E-state index contributed by atoms with van der Waals surface area (Å²) in [5, 5.41) is 11.6. The molecule has 5 unspecified atom stereocenters. The van der Waals surface area contributed by atoms with E-state index in [2.05, 4.69) is 4.98 Å². The Balaban J connectivity index is 1.72. The van der Waals surface area contributed by atoms with Gasteiger partial charge in [0, 0.05) is 6.20 Å². The summed E-state index contributed by atoms with van der Waals surface area (Å²) in [6.07, 6.45) is 8.05. The first-order valence-electron chi connectivity index (χ1n) is 6.62. The van der Waals surface area contributed by atoms with Crippen LogP contribution in [0.25, 0.3) is 0 Å². The first-order valence-corrected chi connectivity index (χ1v) is 7.44. The van der Waals surface area contributed by atoms with E-state index in [1.165, 1.54) is 37.0 Å². The molecule has 0 saturated heterocycles. The lowest BCUT2D eigenvalue weighted by Gasteiger charge is -2.38. The summed E-state index contributed by atoms with van der Waals surface area (Å²) in [6, 6.07) is 0. The van der Waals surface area contributed by atoms with Gasteiger partial charge in [0.05, 0.1) is 4.88 Å². The first kappa shape index (κ1) is 10.3. The Hall–Kier alpha value is -0.610. The Morgan fingerprint density at radius 1 is 1.41 bits per heavy atom. The molecule has 3 fully saturated rings. The number of nitrogens with two attached hydrogens (primary N) is 1. The van der Waals surface area contributed by atoms with E-state index in [0.29, 0.717) is 11.0 Å². The van der Waals surface area contributed by atoms with Crippen molar-refractivity contribution >= 4 is 16.5 Å². The summed E-state index contributed by atoms with van der Waals surface area (Å²) in [5.41, 5.74) is 5.10. The highest BCUT2D eigenvalue weighted by molar-refractivity contribution is 7.15. The standard InChI is InChI=1S/C13H18N2OS/c14-12-15-6-11(17-12)13(16)5-7-4-10(13)9-3-1-2-8(7)9/h6-10,16H,1-5H2,(H2,14,15). The lowest BCUT2D eigenvalue weighted by molar-refractivity contribution is -0.0484. The summed E-state index contributed by atoms with van der Waals surface area (Å²) < 4.78 is 0. The van der Waals surface area contributed by atoms with E-state index in [-0.39, 0.29) is 0 Å². The number of aromatic nitrogens is 1. The third kappa shape index (κ3) is 1.23. The minimum Gasteiger partial charge on any atom is -0.384 e. The van der Waals surface area contributed by atoms with Crippen LogP contribution in [0.2, 0.25) is 0 Å². The molecule has 3 aliphatic rings. The third-order valence-electron chi connectivity index (χ3n) is 5.44. The van der Waals surface area contributed by atoms with E-state index in [4.69, 9.17) is 5.73 Å². The summed E-state index contributed by atoms with van der Waals surface area (Å²) in [6.45, 7) is 0.